The number of nitrogens with one attached hydrogen (secondary N) is 2. The van der Waals surface area contributed by atoms with Crippen molar-refractivity contribution in [2.45, 2.75) is 26.0 Å². The zero-order valence-electron chi connectivity index (χ0n) is 11.2. The minimum Gasteiger partial charge on any atom is -0.435 e. The van der Waals surface area contributed by atoms with Crippen LogP contribution in [-0.2, 0) is 0 Å². The molecule has 1 aromatic carbocycles. The number of alkyl halides is 2. The quantitative estimate of drug-likeness (QED) is 0.889. The molecule has 1 aromatic rings. The summed E-state index contributed by atoms with van der Waals surface area (Å²) in [6.45, 7) is 0.865. The van der Waals surface area contributed by atoms with Crippen molar-refractivity contribution in [3.63, 3.8) is 0 Å². The highest BCUT2D eigenvalue weighted by Gasteiger charge is 2.23. The minimum atomic E-state index is -2.89. The summed E-state index contributed by atoms with van der Waals surface area (Å²) >= 11 is 0. The highest BCUT2D eigenvalue weighted by atomic mass is 19.3. The van der Waals surface area contributed by atoms with Crippen LogP contribution in [0, 0.1) is 5.92 Å². The van der Waals surface area contributed by atoms with Crippen LogP contribution in [0.2, 0.25) is 0 Å². The Labute approximate surface area is 116 Å². The lowest BCUT2D eigenvalue weighted by atomic mass is 9.94. The Morgan fingerprint density at radius 3 is 3.00 bits per heavy atom. The third-order valence-corrected chi connectivity index (χ3v) is 3.47. The standard InChI is InChI=1S/C14H18F2N2O2/c1-9-5-6-17-8-12(9)18-13(19)10-3-2-4-11(7-10)20-14(15)16/h2-4,7,9,12,14,17H,5-6,8H2,1H3,(H,18,19). The average Bonchev–Trinajstić information content (AvgIpc) is 2.41. The zero-order chi connectivity index (χ0) is 14.5. The molecule has 1 aliphatic rings. The lowest BCUT2D eigenvalue weighted by Crippen LogP contribution is -2.50. The smallest absolute Gasteiger partial charge is 0.387 e. The van der Waals surface area contributed by atoms with Gasteiger partial charge in [0.05, 0.1) is 0 Å². The average molecular weight is 284 g/mol. The number of rotatable bonds is 4. The maximum atomic E-state index is 12.1. The molecule has 20 heavy (non-hydrogen) atoms. The molecule has 2 rings (SSSR count). The highest BCUT2D eigenvalue weighted by molar-refractivity contribution is 5.94. The fourth-order valence-corrected chi connectivity index (χ4v) is 2.25. The second-order valence-electron chi connectivity index (χ2n) is 4.96. The van der Waals surface area contributed by atoms with Crippen molar-refractivity contribution in [3.05, 3.63) is 29.8 Å². The number of hydrogen-bond donors (Lipinski definition) is 2. The Kier molecular flexibility index (Phi) is 4.89. The van der Waals surface area contributed by atoms with Gasteiger partial charge in [0.1, 0.15) is 5.75 Å². The van der Waals surface area contributed by atoms with Gasteiger partial charge in [-0.15, -0.1) is 0 Å². The number of carbonyl (C=O) groups excluding carboxylic acids is 1. The molecule has 0 aliphatic carbocycles. The van der Waals surface area contributed by atoms with Crippen LogP contribution < -0.4 is 15.4 Å². The highest BCUT2D eigenvalue weighted by Crippen LogP contribution is 2.17. The van der Waals surface area contributed by atoms with E-state index in [4.69, 9.17) is 0 Å². The maximum absolute atomic E-state index is 12.1. The number of benzene rings is 1. The van der Waals surface area contributed by atoms with E-state index in [9.17, 15) is 13.6 Å². The van der Waals surface area contributed by atoms with E-state index >= 15 is 0 Å². The largest absolute Gasteiger partial charge is 0.435 e. The Morgan fingerprint density at radius 2 is 2.30 bits per heavy atom. The van der Waals surface area contributed by atoms with Gasteiger partial charge in [0.25, 0.3) is 5.91 Å². The van der Waals surface area contributed by atoms with Gasteiger partial charge >= 0.3 is 6.61 Å². The van der Waals surface area contributed by atoms with Crippen molar-refractivity contribution in [2.24, 2.45) is 5.92 Å². The summed E-state index contributed by atoms with van der Waals surface area (Å²) in [7, 11) is 0. The predicted octanol–water partition coefficient (Wildman–Crippen LogP) is 2.02. The summed E-state index contributed by atoms with van der Waals surface area (Å²) in [5, 5.41) is 6.14. The van der Waals surface area contributed by atoms with E-state index < -0.39 is 6.61 Å². The molecule has 4 nitrogen and oxygen atoms in total. The summed E-state index contributed by atoms with van der Waals surface area (Å²) < 4.78 is 28.6. The fraction of sp³-hybridized carbons (Fsp3) is 0.500. The van der Waals surface area contributed by atoms with E-state index in [0.29, 0.717) is 11.5 Å². The van der Waals surface area contributed by atoms with Gasteiger partial charge < -0.3 is 15.4 Å². The first-order chi connectivity index (χ1) is 9.56. The van der Waals surface area contributed by atoms with Gasteiger partial charge in [0, 0.05) is 18.2 Å². The van der Waals surface area contributed by atoms with Gasteiger partial charge in [-0.05, 0) is 37.1 Å². The summed E-state index contributed by atoms with van der Waals surface area (Å²) in [6, 6.07) is 5.87. The second kappa shape index (κ2) is 6.65. The van der Waals surface area contributed by atoms with Crippen molar-refractivity contribution in [1.82, 2.24) is 10.6 Å². The van der Waals surface area contributed by atoms with E-state index in [1.54, 1.807) is 6.07 Å². The molecule has 1 aliphatic heterocycles. The third kappa shape index (κ3) is 3.90. The van der Waals surface area contributed by atoms with E-state index in [1.807, 2.05) is 0 Å². The molecule has 0 spiro atoms. The van der Waals surface area contributed by atoms with Gasteiger partial charge in [0.2, 0.25) is 0 Å². The molecule has 0 radical (unpaired) electrons. The summed E-state index contributed by atoms with van der Waals surface area (Å²) in [5.41, 5.74) is 0.320. The number of carbonyl (C=O) groups is 1. The SMILES string of the molecule is CC1CCNCC1NC(=O)c1cccc(OC(F)F)c1. The minimum absolute atomic E-state index is 0.0116. The number of piperidine rings is 1. The van der Waals surface area contributed by atoms with Crippen LogP contribution in [0.3, 0.4) is 0 Å². The van der Waals surface area contributed by atoms with Crippen LogP contribution in [0.5, 0.6) is 5.75 Å². The topological polar surface area (TPSA) is 50.4 Å². The number of halogens is 2. The Bertz CT molecular complexity index is 468. The van der Waals surface area contributed by atoms with Crippen molar-refractivity contribution in [3.8, 4) is 5.75 Å². The van der Waals surface area contributed by atoms with Gasteiger partial charge in [-0.2, -0.15) is 8.78 Å². The Hall–Kier alpha value is -1.69. The van der Waals surface area contributed by atoms with Gasteiger partial charge in [0.15, 0.2) is 0 Å². The molecule has 1 saturated heterocycles. The zero-order valence-corrected chi connectivity index (χ0v) is 11.2. The van der Waals surface area contributed by atoms with Crippen LogP contribution in [0.15, 0.2) is 24.3 Å². The summed E-state index contributed by atoms with van der Waals surface area (Å²) in [5.74, 6) is 0.105. The molecule has 0 saturated carbocycles. The maximum Gasteiger partial charge on any atom is 0.387 e. The molecule has 1 amide bonds. The van der Waals surface area contributed by atoms with E-state index in [0.717, 1.165) is 19.5 Å². The molecule has 6 heteroatoms. The van der Waals surface area contributed by atoms with Crippen molar-refractivity contribution >= 4 is 5.91 Å². The summed E-state index contributed by atoms with van der Waals surface area (Å²) in [6.07, 6.45) is 0.999. The van der Waals surface area contributed by atoms with Crippen LogP contribution in [0.25, 0.3) is 0 Å². The molecule has 0 bridgehead atoms. The Morgan fingerprint density at radius 1 is 1.50 bits per heavy atom. The van der Waals surface area contributed by atoms with Gasteiger partial charge in [-0.1, -0.05) is 13.0 Å². The predicted molar refractivity (Wildman–Crippen MR) is 71.0 cm³/mol. The number of ether oxygens (including phenoxy) is 1. The number of hydrogen-bond acceptors (Lipinski definition) is 3. The molecular weight excluding hydrogens is 266 g/mol. The van der Waals surface area contributed by atoms with Crippen LogP contribution in [0.4, 0.5) is 8.78 Å². The van der Waals surface area contributed by atoms with E-state index in [-0.39, 0.29) is 17.7 Å². The van der Waals surface area contributed by atoms with Crippen LogP contribution in [0.1, 0.15) is 23.7 Å². The van der Waals surface area contributed by atoms with Crippen molar-refractivity contribution < 1.29 is 18.3 Å². The van der Waals surface area contributed by atoms with Gasteiger partial charge in [-0.3, -0.25) is 4.79 Å². The molecule has 1 fully saturated rings. The van der Waals surface area contributed by atoms with E-state index in [1.165, 1.54) is 18.2 Å². The van der Waals surface area contributed by atoms with Crippen molar-refractivity contribution in [1.29, 1.82) is 0 Å². The molecule has 1 heterocycles. The first-order valence-corrected chi connectivity index (χ1v) is 6.62. The summed E-state index contributed by atoms with van der Waals surface area (Å²) in [4.78, 5) is 12.1. The lowest BCUT2D eigenvalue weighted by Gasteiger charge is -2.30. The molecular formula is C14H18F2N2O2. The molecule has 2 N–H and O–H groups in total. The normalized spacial score (nSPS) is 22.6. The molecule has 2 unspecified atom stereocenters. The molecule has 0 aromatic heterocycles. The molecule has 110 valence electrons. The van der Waals surface area contributed by atoms with Crippen LogP contribution >= 0.6 is 0 Å². The molecule has 2 atom stereocenters. The van der Waals surface area contributed by atoms with Gasteiger partial charge in [-0.25, -0.2) is 0 Å². The lowest BCUT2D eigenvalue weighted by molar-refractivity contribution is -0.0498. The van der Waals surface area contributed by atoms with Crippen LogP contribution in [-0.4, -0.2) is 31.7 Å². The second-order valence-corrected chi connectivity index (χ2v) is 4.96. The third-order valence-electron chi connectivity index (χ3n) is 3.47. The first kappa shape index (κ1) is 14.7. The van der Waals surface area contributed by atoms with Crippen molar-refractivity contribution in [2.75, 3.05) is 13.1 Å². The van der Waals surface area contributed by atoms with E-state index in [2.05, 4.69) is 22.3 Å². The monoisotopic (exact) mass is 284 g/mol. The number of amides is 1. The first-order valence-electron chi connectivity index (χ1n) is 6.62. The Balaban J connectivity index is 2.01. The fourth-order valence-electron chi connectivity index (χ4n) is 2.25.